The van der Waals surface area contributed by atoms with Crippen molar-refractivity contribution in [2.45, 2.75) is 25.3 Å². The molecule has 0 spiro atoms. The first-order valence-corrected chi connectivity index (χ1v) is 10.1. The molecule has 5 rings (SSSR count). The molecule has 1 aliphatic carbocycles. The van der Waals surface area contributed by atoms with Crippen LogP contribution < -0.4 is 14.8 Å². The molecule has 8 heteroatoms. The number of fused-ring (bicyclic) bond motifs is 1. The number of benzene rings is 2. The Labute approximate surface area is 178 Å². The number of hydrogen-bond donors (Lipinski definition) is 1. The van der Waals surface area contributed by atoms with E-state index in [4.69, 9.17) is 14.6 Å². The first-order valence-electron chi connectivity index (χ1n) is 10.1. The van der Waals surface area contributed by atoms with Gasteiger partial charge in [0.2, 0.25) is 5.95 Å². The van der Waals surface area contributed by atoms with E-state index in [1.165, 1.54) is 12.1 Å². The highest BCUT2D eigenvalue weighted by Crippen LogP contribution is 2.45. The molecule has 1 unspecified atom stereocenters. The van der Waals surface area contributed by atoms with Gasteiger partial charge in [0, 0.05) is 28.8 Å². The van der Waals surface area contributed by atoms with Crippen LogP contribution in [0, 0.1) is 5.82 Å². The quantitative estimate of drug-likeness (QED) is 0.684. The average molecular weight is 420 g/mol. The Morgan fingerprint density at radius 3 is 2.65 bits per heavy atom. The third-order valence-corrected chi connectivity index (χ3v) is 5.70. The van der Waals surface area contributed by atoms with E-state index in [0.717, 1.165) is 24.1 Å². The summed E-state index contributed by atoms with van der Waals surface area (Å²) < 4.78 is 26.2. The SMILES string of the molecule is COc1cccc(C2C3=C(CCCC3=O)Nc3nc(-c4ccc(F)cc4)nn32)c1OC. The minimum Gasteiger partial charge on any atom is -0.493 e. The first-order chi connectivity index (χ1) is 15.1. The Morgan fingerprint density at radius 1 is 1.10 bits per heavy atom. The number of nitrogens with zero attached hydrogens (tertiary/aromatic N) is 3. The summed E-state index contributed by atoms with van der Waals surface area (Å²) >= 11 is 0. The number of nitrogens with one attached hydrogen (secondary N) is 1. The second-order valence-electron chi connectivity index (χ2n) is 7.49. The Morgan fingerprint density at radius 2 is 1.90 bits per heavy atom. The number of methoxy groups -OCH3 is 2. The molecule has 0 amide bonds. The molecule has 0 fully saturated rings. The molecule has 1 N–H and O–H groups in total. The van der Waals surface area contributed by atoms with Crippen molar-refractivity contribution in [2.24, 2.45) is 0 Å². The summed E-state index contributed by atoms with van der Waals surface area (Å²) in [6.45, 7) is 0. The second-order valence-corrected chi connectivity index (χ2v) is 7.49. The molecule has 31 heavy (non-hydrogen) atoms. The highest BCUT2D eigenvalue weighted by molar-refractivity contribution is 5.99. The van der Waals surface area contributed by atoms with Crippen LogP contribution in [0.3, 0.4) is 0 Å². The lowest BCUT2D eigenvalue weighted by Gasteiger charge is -2.32. The number of para-hydroxylation sites is 1. The molecule has 0 saturated carbocycles. The summed E-state index contributed by atoms with van der Waals surface area (Å²) in [7, 11) is 3.15. The number of ether oxygens (including phenoxy) is 2. The van der Waals surface area contributed by atoms with Gasteiger partial charge in [0.15, 0.2) is 23.1 Å². The maximum Gasteiger partial charge on any atom is 0.226 e. The number of Topliss-reactive ketones (excluding diaryl/α,β-unsaturated/α-hetero) is 1. The van der Waals surface area contributed by atoms with Crippen LogP contribution in [0.15, 0.2) is 53.7 Å². The van der Waals surface area contributed by atoms with E-state index in [1.807, 2.05) is 18.2 Å². The zero-order chi connectivity index (χ0) is 21.5. The van der Waals surface area contributed by atoms with Gasteiger partial charge in [0.1, 0.15) is 11.9 Å². The Hall–Kier alpha value is -3.68. The van der Waals surface area contributed by atoms with Gasteiger partial charge in [0.05, 0.1) is 14.2 Å². The van der Waals surface area contributed by atoms with Gasteiger partial charge in [0.25, 0.3) is 0 Å². The molecule has 3 aromatic rings. The predicted molar refractivity (Wildman–Crippen MR) is 113 cm³/mol. The molecule has 7 nitrogen and oxygen atoms in total. The predicted octanol–water partition coefficient (Wildman–Crippen LogP) is 4.12. The van der Waals surface area contributed by atoms with E-state index in [-0.39, 0.29) is 11.6 Å². The van der Waals surface area contributed by atoms with Gasteiger partial charge in [-0.1, -0.05) is 12.1 Å². The minimum absolute atomic E-state index is 0.0769. The third-order valence-electron chi connectivity index (χ3n) is 5.70. The Bertz CT molecular complexity index is 1200. The minimum atomic E-state index is -0.509. The Kier molecular flexibility index (Phi) is 4.69. The molecule has 2 aliphatic rings. The van der Waals surface area contributed by atoms with Crippen molar-refractivity contribution in [3.63, 3.8) is 0 Å². The lowest BCUT2D eigenvalue weighted by Crippen LogP contribution is -2.31. The zero-order valence-electron chi connectivity index (χ0n) is 17.2. The maximum absolute atomic E-state index is 13.4. The molecule has 1 aliphatic heterocycles. The number of hydrogen-bond acceptors (Lipinski definition) is 6. The summed E-state index contributed by atoms with van der Waals surface area (Å²) in [5.74, 6) is 1.85. The smallest absolute Gasteiger partial charge is 0.226 e. The van der Waals surface area contributed by atoms with Gasteiger partial charge in [-0.15, -0.1) is 5.10 Å². The highest BCUT2D eigenvalue weighted by atomic mass is 19.1. The van der Waals surface area contributed by atoms with Crippen molar-refractivity contribution in [1.29, 1.82) is 0 Å². The zero-order valence-corrected chi connectivity index (χ0v) is 17.2. The standard InChI is InChI=1S/C23H21FN4O3/c1-30-18-8-3-5-15(21(18)31-2)20-19-16(6-4-7-17(19)29)25-23-26-22(27-28(20)23)13-9-11-14(24)12-10-13/h3,5,8-12,20H,4,6-7H2,1-2H3,(H,25,26,27). The van der Waals surface area contributed by atoms with Gasteiger partial charge < -0.3 is 14.8 Å². The van der Waals surface area contributed by atoms with Crippen molar-refractivity contribution in [2.75, 3.05) is 19.5 Å². The highest BCUT2D eigenvalue weighted by Gasteiger charge is 2.38. The fraction of sp³-hybridized carbons (Fsp3) is 0.261. The lowest BCUT2D eigenvalue weighted by atomic mass is 9.85. The molecule has 158 valence electrons. The topological polar surface area (TPSA) is 78.3 Å². The Balaban J connectivity index is 1.71. The lowest BCUT2D eigenvalue weighted by molar-refractivity contribution is -0.116. The second kappa shape index (κ2) is 7.54. The van der Waals surface area contributed by atoms with E-state index in [2.05, 4.69) is 10.3 Å². The number of rotatable bonds is 4. The molecule has 1 atom stereocenters. The van der Waals surface area contributed by atoms with Crippen molar-refractivity contribution in [3.05, 3.63) is 65.1 Å². The fourth-order valence-corrected chi connectivity index (χ4v) is 4.29. The number of halogens is 1. The molecule has 0 radical (unpaired) electrons. The molecule has 2 heterocycles. The van der Waals surface area contributed by atoms with Crippen LogP contribution >= 0.6 is 0 Å². The third kappa shape index (κ3) is 3.15. The summed E-state index contributed by atoms with van der Waals surface area (Å²) in [6, 6.07) is 11.1. The monoisotopic (exact) mass is 420 g/mol. The summed E-state index contributed by atoms with van der Waals surface area (Å²) in [6.07, 6.45) is 2.02. The van der Waals surface area contributed by atoms with E-state index < -0.39 is 6.04 Å². The number of allylic oxidation sites excluding steroid dienone is 2. The molecule has 2 aromatic carbocycles. The molecular formula is C23H21FN4O3. The summed E-state index contributed by atoms with van der Waals surface area (Å²) in [5.41, 5.74) is 2.98. The normalized spacial score (nSPS) is 17.6. The van der Waals surface area contributed by atoms with Gasteiger partial charge in [-0.25, -0.2) is 9.07 Å². The molecule has 0 bridgehead atoms. The summed E-state index contributed by atoms with van der Waals surface area (Å²) in [5, 5.41) is 8.00. The van der Waals surface area contributed by atoms with Crippen molar-refractivity contribution in [1.82, 2.24) is 14.8 Å². The number of carbonyl (C=O) groups is 1. The van der Waals surface area contributed by atoms with Crippen molar-refractivity contribution in [3.8, 4) is 22.9 Å². The molecular weight excluding hydrogens is 399 g/mol. The number of ketones is 1. The number of anilines is 1. The molecule has 1 aromatic heterocycles. The van der Waals surface area contributed by atoms with Crippen molar-refractivity contribution >= 4 is 11.7 Å². The van der Waals surface area contributed by atoms with Crippen LogP contribution in [0.25, 0.3) is 11.4 Å². The van der Waals surface area contributed by atoms with Crippen LogP contribution in [0.4, 0.5) is 10.3 Å². The van der Waals surface area contributed by atoms with E-state index in [0.29, 0.717) is 40.8 Å². The maximum atomic E-state index is 13.4. The van der Waals surface area contributed by atoms with E-state index >= 15 is 0 Å². The van der Waals surface area contributed by atoms with Gasteiger partial charge >= 0.3 is 0 Å². The fourth-order valence-electron chi connectivity index (χ4n) is 4.29. The average Bonchev–Trinajstić information content (AvgIpc) is 3.21. The van der Waals surface area contributed by atoms with Gasteiger partial charge in [-0.05, 0) is 43.2 Å². The van der Waals surface area contributed by atoms with Crippen LogP contribution in [0.5, 0.6) is 11.5 Å². The van der Waals surface area contributed by atoms with Crippen LogP contribution in [0.2, 0.25) is 0 Å². The largest absolute Gasteiger partial charge is 0.493 e. The number of carbonyl (C=O) groups excluding carboxylic acids is 1. The van der Waals surface area contributed by atoms with Crippen LogP contribution in [0.1, 0.15) is 30.9 Å². The summed E-state index contributed by atoms with van der Waals surface area (Å²) in [4.78, 5) is 17.7. The first kappa shape index (κ1) is 19.3. The molecule has 0 saturated heterocycles. The number of aromatic nitrogens is 3. The van der Waals surface area contributed by atoms with Gasteiger partial charge in [-0.2, -0.15) is 4.98 Å². The van der Waals surface area contributed by atoms with Gasteiger partial charge in [-0.3, -0.25) is 4.79 Å². The van der Waals surface area contributed by atoms with E-state index in [1.54, 1.807) is 31.0 Å². The van der Waals surface area contributed by atoms with Crippen LogP contribution in [-0.2, 0) is 4.79 Å². The van der Waals surface area contributed by atoms with Crippen molar-refractivity contribution < 1.29 is 18.7 Å². The van der Waals surface area contributed by atoms with E-state index in [9.17, 15) is 9.18 Å². The van der Waals surface area contributed by atoms with Crippen LogP contribution in [-0.4, -0.2) is 34.8 Å².